The van der Waals surface area contributed by atoms with Gasteiger partial charge >= 0.3 is 0 Å². The highest BCUT2D eigenvalue weighted by atomic mass is 32.1. The molecule has 0 fully saturated rings. The minimum absolute atomic E-state index is 0.0959. The zero-order valence-corrected chi connectivity index (χ0v) is 15.9. The second kappa shape index (κ2) is 8.16. The summed E-state index contributed by atoms with van der Waals surface area (Å²) in [5.74, 6) is -0.725. The van der Waals surface area contributed by atoms with E-state index in [1.807, 2.05) is 18.2 Å². The van der Waals surface area contributed by atoms with Crippen molar-refractivity contribution in [3.05, 3.63) is 107 Å². The van der Waals surface area contributed by atoms with Crippen LogP contribution < -0.4 is 5.32 Å². The third-order valence-corrected chi connectivity index (χ3v) is 5.07. The van der Waals surface area contributed by atoms with Crippen molar-refractivity contribution < 1.29 is 14.0 Å². The molecule has 1 amide bonds. The van der Waals surface area contributed by atoms with Gasteiger partial charge in [0.05, 0.1) is 5.69 Å². The van der Waals surface area contributed by atoms with E-state index in [1.165, 1.54) is 23.5 Å². The van der Waals surface area contributed by atoms with Gasteiger partial charge in [-0.15, -0.1) is 11.3 Å². The highest BCUT2D eigenvalue weighted by molar-refractivity contribution is 7.14. The summed E-state index contributed by atoms with van der Waals surface area (Å²) >= 11 is 1.29. The van der Waals surface area contributed by atoms with Crippen molar-refractivity contribution in [2.75, 3.05) is 5.32 Å². The van der Waals surface area contributed by atoms with E-state index in [0.29, 0.717) is 27.5 Å². The average molecular weight is 402 g/mol. The van der Waals surface area contributed by atoms with E-state index in [0.717, 1.165) is 5.56 Å². The summed E-state index contributed by atoms with van der Waals surface area (Å²) in [6.45, 7) is 0. The fraction of sp³-hybridized carbons (Fsp3) is 0. The molecular weight excluding hydrogens is 387 g/mol. The predicted octanol–water partition coefficient (Wildman–Crippen LogP) is 5.43. The number of nitrogens with zero attached hydrogens (tertiary/aromatic N) is 1. The van der Waals surface area contributed by atoms with Crippen LogP contribution in [0.4, 0.5) is 9.52 Å². The van der Waals surface area contributed by atoms with E-state index in [9.17, 15) is 14.0 Å². The number of rotatable bonds is 5. The molecule has 4 nitrogen and oxygen atoms in total. The Morgan fingerprint density at radius 1 is 0.793 bits per heavy atom. The van der Waals surface area contributed by atoms with Gasteiger partial charge in [-0.2, -0.15) is 0 Å². The van der Waals surface area contributed by atoms with Crippen LogP contribution in [0.15, 0.2) is 84.2 Å². The van der Waals surface area contributed by atoms with Crippen molar-refractivity contribution in [2.45, 2.75) is 0 Å². The van der Waals surface area contributed by atoms with Gasteiger partial charge in [0.2, 0.25) is 0 Å². The first-order valence-electron chi connectivity index (χ1n) is 8.83. The number of nitrogens with one attached hydrogen (secondary N) is 1. The lowest BCUT2D eigenvalue weighted by Gasteiger charge is -2.04. The summed E-state index contributed by atoms with van der Waals surface area (Å²) in [7, 11) is 0. The first kappa shape index (κ1) is 18.7. The van der Waals surface area contributed by atoms with Gasteiger partial charge in [-0.3, -0.25) is 14.9 Å². The predicted molar refractivity (Wildman–Crippen MR) is 112 cm³/mol. The molecule has 4 aromatic rings. The molecule has 1 aromatic heterocycles. The third kappa shape index (κ3) is 4.28. The Bertz CT molecular complexity index is 1150. The van der Waals surface area contributed by atoms with E-state index in [1.54, 1.807) is 53.9 Å². The number of halogens is 1. The van der Waals surface area contributed by atoms with Gasteiger partial charge in [-0.25, -0.2) is 9.37 Å². The Balaban J connectivity index is 1.45. The number of anilines is 1. The summed E-state index contributed by atoms with van der Waals surface area (Å²) in [5.41, 5.74) is 2.97. The molecule has 0 saturated heterocycles. The lowest BCUT2D eigenvalue weighted by molar-refractivity contribution is 0.102. The lowest BCUT2D eigenvalue weighted by atomic mass is 10.0. The van der Waals surface area contributed by atoms with Crippen LogP contribution in [0.3, 0.4) is 0 Å². The average Bonchev–Trinajstić information content (AvgIpc) is 3.23. The molecule has 0 saturated carbocycles. The SMILES string of the molecule is O=C(Nc1nc(-c2ccc(F)cc2)cs1)c1ccc(C(=O)c2ccccc2)cc1. The monoisotopic (exact) mass is 402 g/mol. The number of amides is 1. The van der Waals surface area contributed by atoms with Crippen LogP contribution >= 0.6 is 11.3 Å². The largest absolute Gasteiger partial charge is 0.298 e. The van der Waals surface area contributed by atoms with Gasteiger partial charge in [-0.05, 0) is 36.4 Å². The van der Waals surface area contributed by atoms with Gasteiger partial charge in [0.15, 0.2) is 10.9 Å². The van der Waals surface area contributed by atoms with Crippen molar-refractivity contribution >= 4 is 28.2 Å². The number of benzene rings is 3. The molecule has 0 bridgehead atoms. The molecule has 0 atom stereocenters. The van der Waals surface area contributed by atoms with E-state index in [4.69, 9.17) is 0 Å². The number of hydrogen-bond acceptors (Lipinski definition) is 4. The number of carbonyl (C=O) groups is 2. The highest BCUT2D eigenvalue weighted by Gasteiger charge is 2.12. The Labute approximate surface area is 170 Å². The smallest absolute Gasteiger partial charge is 0.257 e. The number of carbonyl (C=O) groups excluding carboxylic acids is 2. The molecule has 142 valence electrons. The number of ketones is 1. The number of hydrogen-bond donors (Lipinski definition) is 1. The van der Waals surface area contributed by atoms with Crippen molar-refractivity contribution in [1.82, 2.24) is 4.98 Å². The molecule has 0 aliphatic carbocycles. The summed E-state index contributed by atoms with van der Waals surface area (Å²) in [5, 5.41) is 4.99. The Morgan fingerprint density at radius 2 is 1.41 bits per heavy atom. The van der Waals surface area contributed by atoms with Gasteiger partial charge < -0.3 is 0 Å². The molecule has 3 aromatic carbocycles. The minimum Gasteiger partial charge on any atom is -0.298 e. The van der Waals surface area contributed by atoms with Crippen LogP contribution in [0, 0.1) is 5.82 Å². The third-order valence-electron chi connectivity index (χ3n) is 4.31. The second-order valence-corrected chi connectivity index (χ2v) is 7.13. The molecule has 29 heavy (non-hydrogen) atoms. The zero-order valence-electron chi connectivity index (χ0n) is 15.1. The van der Waals surface area contributed by atoms with Crippen molar-refractivity contribution in [3.63, 3.8) is 0 Å². The van der Waals surface area contributed by atoms with Crippen molar-refractivity contribution in [1.29, 1.82) is 0 Å². The van der Waals surface area contributed by atoms with E-state index >= 15 is 0 Å². The van der Waals surface area contributed by atoms with E-state index < -0.39 is 0 Å². The second-order valence-electron chi connectivity index (χ2n) is 6.27. The Kier molecular flexibility index (Phi) is 5.27. The maximum absolute atomic E-state index is 13.0. The first-order valence-corrected chi connectivity index (χ1v) is 9.71. The van der Waals surface area contributed by atoms with Gasteiger partial charge in [-0.1, -0.05) is 42.5 Å². The van der Waals surface area contributed by atoms with E-state index in [2.05, 4.69) is 10.3 Å². The van der Waals surface area contributed by atoms with Crippen LogP contribution in [0.1, 0.15) is 26.3 Å². The summed E-state index contributed by atoms with van der Waals surface area (Å²) in [4.78, 5) is 29.3. The number of aromatic nitrogens is 1. The van der Waals surface area contributed by atoms with E-state index in [-0.39, 0.29) is 17.5 Å². The number of thiazole rings is 1. The first-order chi connectivity index (χ1) is 14.1. The fourth-order valence-corrected chi connectivity index (χ4v) is 3.50. The lowest BCUT2D eigenvalue weighted by Crippen LogP contribution is -2.12. The van der Waals surface area contributed by atoms with Gasteiger partial charge in [0.25, 0.3) is 5.91 Å². The summed E-state index contributed by atoms with van der Waals surface area (Å²) in [6, 6.07) is 21.5. The van der Waals surface area contributed by atoms with Gasteiger partial charge in [0, 0.05) is 27.6 Å². The topological polar surface area (TPSA) is 59.1 Å². The van der Waals surface area contributed by atoms with Crippen molar-refractivity contribution in [3.8, 4) is 11.3 Å². The molecule has 4 rings (SSSR count). The van der Waals surface area contributed by atoms with Crippen LogP contribution in [0.5, 0.6) is 0 Å². The van der Waals surface area contributed by atoms with Crippen molar-refractivity contribution in [2.24, 2.45) is 0 Å². The van der Waals surface area contributed by atoms with Crippen LogP contribution in [0.2, 0.25) is 0 Å². The Morgan fingerprint density at radius 3 is 2.10 bits per heavy atom. The maximum atomic E-state index is 13.0. The standard InChI is InChI=1S/C23H15FN2O2S/c24-19-12-10-15(11-13-19)20-14-29-23(25-20)26-22(28)18-8-6-17(7-9-18)21(27)16-4-2-1-3-5-16/h1-14H,(H,25,26,28). The summed E-state index contributed by atoms with van der Waals surface area (Å²) in [6.07, 6.45) is 0. The fourth-order valence-electron chi connectivity index (χ4n) is 2.78. The summed E-state index contributed by atoms with van der Waals surface area (Å²) < 4.78 is 13.0. The quantitative estimate of drug-likeness (QED) is 0.453. The van der Waals surface area contributed by atoms with Gasteiger partial charge in [0.1, 0.15) is 5.82 Å². The Hall–Kier alpha value is -3.64. The molecule has 0 unspecified atom stereocenters. The minimum atomic E-state index is -0.316. The zero-order chi connectivity index (χ0) is 20.2. The molecule has 0 spiro atoms. The molecule has 0 aliphatic rings. The molecular formula is C23H15FN2O2S. The molecule has 0 radical (unpaired) electrons. The molecule has 1 N–H and O–H groups in total. The normalized spacial score (nSPS) is 10.5. The molecule has 0 aliphatic heterocycles. The highest BCUT2D eigenvalue weighted by Crippen LogP contribution is 2.25. The maximum Gasteiger partial charge on any atom is 0.257 e. The van der Waals surface area contributed by atoms with Crippen LogP contribution in [0.25, 0.3) is 11.3 Å². The molecule has 6 heteroatoms. The van der Waals surface area contributed by atoms with Crippen LogP contribution in [-0.4, -0.2) is 16.7 Å². The van der Waals surface area contributed by atoms with Crippen LogP contribution in [-0.2, 0) is 0 Å². The molecule has 1 heterocycles.